The summed E-state index contributed by atoms with van der Waals surface area (Å²) in [4.78, 5) is 2.15. The molecule has 33 heavy (non-hydrogen) atoms. The van der Waals surface area contributed by atoms with E-state index in [1.807, 2.05) is 29.8 Å². The summed E-state index contributed by atoms with van der Waals surface area (Å²) in [5, 5.41) is 1.61. The van der Waals surface area contributed by atoms with Crippen molar-refractivity contribution < 1.29 is 30.7 Å². The Kier molecular flexibility index (Phi) is 6.67. The third-order valence-electron chi connectivity index (χ3n) is 4.98. The van der Waals surface area contributed by atoms with Crippen molar-refractivity contribution in [1.29, 1.82) is 0 Å². The van der Waals surface area contributed by atoms with Crippen molar-refractivity contribution in [3.05, 3.63) is 56.0 Å². The summed E-state index contributed by atoms with van der Waals surface area (Å²) in [6.45, 7) is 0.0883. The molecular formula is C20H16Cl2F3N2O3S3+. The maximum atomic E-state index is 13.5. The third kappa shape index (κ3) is 5.28. The standard InChI is InChI=1S/C20H15Cl2F3N2O3S3/c1-26-14-7-11(21)3-4-16(14)31-18(26)10-19-27(5-2-6-33(28,29)30)15-8-12(20(23,24)25)13(22)9-17(15)32-19/h3-4,7-10H,2,5-6H2,1H3/p+1. The van der Waals surface area contributed by atoms with Crippen LogP contribution in [0.3, 0.4) is 0 Å². The number of thioether (sulfide) groups is 1. The van der Waals surface area contributed by atoms with Crippen LogP contribution in [-0.2, 0) is 23.3 Å². The monoisotopic (exact) mass is 555 g/mol. The fourth-order valence-corrected chi connectivity index (χ4v) is 6.74. The van der Waals surface area contributed by atoms with Gasteiger partial charge < -0.3 is 4.90 Å². The van der Waals surface area contributed by atoms with Crippen molar-refractivity contribution in [2.75, 3.05) is 17.2 Å². The van der Waals surface area contributed by atoms with Crippen LogP contribution in [0.5, 0.6) is 0 Å². The molecule has 0 saturated carbocycles. The van der Waals surface area contributed by atoms with Gasteiger partial charge in [0, 0.05) is 22.5 Å². The summed E-state index contributed by atoms with van der Waals surface area (Å²) in [7, 11) is -2.35. The minimum atomic E-state index is -4.64. The predicted octanol–water partition coefficient (Wildman–Crippen LogP) is 6.24. The summed E-state index contributed by atoms with van der Waals surface area (Å²) in [6.07, 6.45) is -2.79. The van der Waals surface area contributed by atoms with Gasteiger partial charge in [0.15, 0.2) is 0 Å². The van der Waals surface area contributed by atoms with E-state index in [1.165, 1.54) is 29.2 Å². The molecule has 0 aliphatic carbocycles. The smallest absolute Gasteiger partial charge is 0.335 e. The topological polar surface area (TPSA) is 61.5 Å². The van der Waals surface area contributed by atoms with Gasteiger partial charge in [-0.1, -0.05) is 46.3 Å². The molecule has 0 amide bonds. The van der Waals surface area contributed by atoms with E-state index in [9.17, 15) is 21.6 Å². The molecule has 2 heterocycles. The van der Waals surface area contributed by atoms with Crippen molar-refractivity contribution in [2.45, 2.75) is 17.5 Å². The first kappa shape index (κ1) is 24.6. The molecule has 13 heteroatoms. The molecule has 5 nitrogen and oxygen atoms in total. The SMILES string of the molecule is C[n+]1c(C=C2Sc3cc(Cl)c(C(F)(F)F)cc3N2CCCS(=O)(=O)O)sc2ccc(Cl)cc21. The van der Waals surface area contributed by atoms with Crippen LogP contribution >= 0.6 is 46.3 Å². The number of anilines is 1. The molecule has 1 aliphatic heterocycles. The second-order valence-corrected chi connectivity index (χ2v) is 11.8. The van der Waals surface area contributed by atoms with E-state index < -0.39 is 32.6 Å². The molecule has 0 atom stereocenters. The lowest BCUT2D eigenvalue weighted by atomic mass is 10.1. The normalized spacial score (nSPS) is 15.6. The first-order chi connectivity index (χ1) is 15.3. The molecule has 1 N–H and O–H groups in total. The van der Waals surface area contributed by atoms with E-state index in [0.29, 0.717) is 14.9 Å². The molecule has 2 aromatic carbocycles. The van der Waals surface area contributed by atoms with Crippen LogP contribution in [0.4, 0.5) is 18.9 Å². The van der Waals surface area contributed by atoms with Crippen LogP contribution in [-0.4, -0.2) is 25.3 Å². The number of aromatic nitrogens is 1. The molecule has 0 fully saturated rings. The van der Waals surface area contributed by atoms with Crippen molar-refractivity contribution in [2.24, 2.45) is 7.05 Å². The van der Waals surface area contributed by atoms with Crippen LogP contribution < -0.4 is 9.47 Å². The van der Waals surface area contributed by atoms with Gasteiger partial charge in [-0.2, -0.15) is 26.2 Å². The Morgan fingerprint density at radius 3 is 2.61 bits per heavy atom. The maximum absolute atomic E-state index is 13.5. The number of thiazole rings is 1. The number of aryl methyl sites for hydroxylation is 1. The molecule has 0 unspecified atom stereocenters. The first-order valence-electron chi connectivity index (χ1n) is 9.44. The minimum Gasteiger partial charge on any atom is -0.335 e. The zero-order valence-electron chi connectivity index (χ0n) is 16.9. The van der Waals surface area contributed by atoms with Crippen LogP contribution in [0.2, 0.25) is 10.0 Å². The maximum Gasteiger partial charge on any atom is 0.417 e. The fraction of sp³-hybridized carbons (Fsp3) is 0.250. The lowest BCUT2D eigenvalue weighted by Crippen LogP contribution is -2.29. The van der Waals surface area contributed by atoms with E-state index >= 15 is 0 Å². The van der Waals surface area contributed by atoms with Gasteiger partial charge in [0.25, 0.3) is 15.1 Å². The Morgan fingerprint density at radius 2 is 1.94 bits per heavy atom. The van der Waals surface area contributed by atoms with E-state index in [1.54, 1.807) is 11.0 Å². The summed E-state index contributed by atoms with van der Waals surface area (Å²) in [5.41, 5.74) is 0.219. The highest BCUT2D eigenvalue weighted by molar-refractivity contribution is 8.04. The van der Waals surface area contributed by atoms with Crippen molar-refractivity contribution in [1.82, 2.24) is 0 Å². The number of hydrogen-bond acceptors (Lipinski definition) is 5. The van der Waals surface area contributed by atoms with Crippen molar-refractivity contribution in [3.8, 4) is 0 Å². The van der Waals surface area contributed by atoms with Crippen LogP contribution in [0.25, 0.3) is 16.3 Å². The molecular weight excluding hydrogens is 540 g/mol. The number of alkyl halides is 3. The van der Waals surface area contributed by atoms with Gasteiger partial charge in [-0.3, -0.25) is 4.55 Å². The highest BCUT2D eigenvalue weighted by Gasteiger charge is 2.37. The van der Waals surface area contributed by atoms with Crippen LogP contribution in [0.15, 0.2) is 40.3 Å². The zero-order chi connectivity index (χ0) is 24.1. The number of nitrogens with zero attached hydrogens (tertiary/aromatic N) is 2. The van der Waals surface area contributed by atoms with E-state index in [4.69, 9.17) is 27.8 Å². The predicted molar refractivity (Wildman–Crippen MR) is 127 cm³/mol. The number of rotatable bonds is 5. The molecule has 1 aliphatic rings. The summed E-state index contributed by atoms with van der Waals surface area (Å²) < 4.78 is 74.7. The number of halogens is 5. The van der Waals surface area contributed by atoms with Gasteiger partial charge in [0.05, 0.1) is 33.1 Å². The van der Waals surface area contributed by atoms with Gasteiger partial charge in [-0.05, 0) is 30.7 Å². The second kappa shape index (κ2) is 8.94. The van der Waals surface area contributed by atoms with E-state index in [2.05, 4.69) is 0 Å². The number of fused-ring (bicyclic) bond motifs is 2. The molecule has 176 valence electrons. The van der Waals surface area contributed by atoms with Crippen LogP contribution in [0.1, 0.15) is 17.0 Å². The highest BCUT2D eigenvalue weighted by atomic mass is 35.5. The average molecular weight is 556 g/mol. The fourth-order valence-electron chi connectivity index (χ4n) is 3.45. The van der Waals surface area contributed by atoms with E-state index in [0.717, 1.165) is 21.3 Å². The Bertz CT molecular complexity index is 1390. The van der Waals surface area contributed by atoms with Crippen LogP contribution in [0, 0.1) is 0 Å². The molecule has 4 rings (SSSR count). The van der Waals surface area contributed by atoms with Crippen molar-refractivity contribution in [3.63, 3.8) is 0 Å². The quantitative estimate of drug-likeness (QED) is 0.298. The number of benzene rings is 2. The molecule has 3 aromatic rings. The van der Waals surface area contributed by atoms with E-state index in [-0.39, 0.29) is 18.7 Å². The molecule has 0 bridgehead atoms. The second-order valence-electron chi connectivity index (χ2n) is 7.28. The van der Waals surface area contributed by atoms with Gasteiger partial charge in [-0.15, -0.1) is 0 Å². The Morgan fingerprint density at radius 1 is 1.21 bits per heavy atom. The highest BCUT2D eigenvalue weighted by Crippen LogP contribution is 2.50. The lowest BCUT2D eigenvalue weighted by molar-refractivity contribution is -0.642. The minimum absolute atomic E-state index is 0.0221. The summed E-state index contributed by atoms with van der Waals surface area (Å²) >= 11 is 14.7. The molecule has 1 aromatic heterocycles. The molecule has 0 spiro atoms. The van der Waals surface area contributed by atoms with Gasteiger partial charge in [-0.25, -0.2) is 0 Å². The zero-order valence-corrected chi connectivity index (χ0v) is 20.8. The lowest BCUT2D eigenvalue weighted by Gasteiger charge is -2.21. The number of hydrogen-bond donors (Lipinski definition) is 1. The Balaban J connectivity index is 1.78. The van der Waals surface area contributed by atoms with Gasteiger partial charge in [0.2, 0.25) is 5.52 Å². The third-order valence-corrected chi connectivity index (χ3v) is 8.60. The average Bonchev–Trinajstić information content (AvgIpc) is 3.17. The first-order valence-corrected chi connectivity index (χ1v) is 13.4. The molecule has 0 radical (unpaired) electrons. The summed E-state index contributed by atoms with van der Waals surface area (Å²) in [5.74, 6) is -0.508. The Hall–Kier alpha value is -1.50. The Labute approximate surface area is 206 Å². The molecule has 0 saturated heterocycles. The van der Waals surface area contributed by atoms with Gasteiger partial charge in [0.1, 0.15) is 11.7 Å². The van der Waals surface area contributed by atoms with Gasteiger partial charge >= 0.3 is 6.18 Å². The van der Waals surface area contributed by atoms with Crippen molar-refractivity contribution >= 4 is 78.4 Å². The summed E-state index contributed by atoms with van der Waals surface area (Å²) in [6, 6.07) is 7.74. The largest absolute Gasteiger partial charge is 0.417 e.